The molecule has 0 atom stereocenters. The predicted octanol–water partition coefficient (Wildman–Crippen LogP) is 4.27. The monoisotopic (exact) mass is 459 g/mol. The van der Waals surface area contributed by atoms with Crippen LogP contribution in [0.25, 0.3) is 5.52 Å². The summed E-state index contributed by atoms with van der Waals surface area (Å²) in [5.41, 5.74) is 8.27. The third-order valence-corrected chi connectivity index (χ3v) is 6.01. The number of aromatic nitrogens is 2. The number of hydrogen-bond donors (Lipinski definition) is 2. The van der Waals surface area contributed by atoms with Crippen molar-refractivity contribution in [3.05, 3.63) is 28.7 Å². The second-order valence-corrected chi connectivity index (χ2v) is 8.37. The summed E-state index contributed by atoms with van der Waals surface area (Å²) in [7, 11) is 0. The molecule has 1 amide bonds. The fraction of sp³-hybridized carbons (Fsp3) is 0.600. The van der Waals surface area contributed by atoms with Gasteiger partial charge in [0.2, 0.25) is 5.88 Å². The SMILES string of the molecule is CC.CCCc1c(C(=O)C(N)=O)c2c(OCC(=O)O)nc(C)cn2c1CCC1CCCCC1. The van der Waals surface area contributed by atoms with Crippen LogP contribution in [0.2, 0.25) is 0 Å². The Morgan fingerprint density at radius 1 is 1.18 bits per heavy atom. The zero-order valence-electron chi connectivity index (χ0n) is 20.3. The minimum atomic E-state index is -1.15. The van der Waals surface area contributed by atoms with E-state index in [4.69, 9.17) is 15.6 Å². The molecule has 182 valence electrons. The molecule has 2 aromatic rings. The molecule has 0 radical (unpaired) electrons. The number of ketones is 1. The Hall–Kier alpha value is -2.90. The lowest BCUT2D eigenvalue weighted by Crippen LogP contribution is -2.24. The Labute approximate surface area is 195 Å². The van der Waals surface area contributed by atoms with Crippen molar-refractivity contribution in [2.24, 2.45) is 11.7 Å². The van der Waals surface area contributed by atoms with E-state index in [-0.39, 0.29) is 11.4 Å². The zero-order chi connectivity index (χ0) is 24.5. The first-order valence-corrected chi connectivity index (χ1v) is 12.1. The van der Waals surface area contributed by atoms with Crippen LogP contribution in [0.1, 0.15) is 93.0 Å². The molecule has 1 fully saturated rings. The first-order chi connectivity index (χ1) is 15.8. The van der Waals surface area contributed by atoms with E-state index in [0.717, 1.165) is 30.5 Å². The molecule has 0 unspecified atom stereocenters. The fourth-order valence-electron chi connectivity index (χ4n) is 4.68. The van der Waals surface area contributed by atoms with Crippen molar-refractivity contribution in [1.29, 1.82) is 0 Å². The Kier molecular flexibility index (Phi) is 9.88. The number of nitrogens with zero attached hydrogens (tertiary/aromatic N) is 2. The van der Waals surface area contributed by atoms with Crippen molar-refractivity contribution in [2.45, 2.75) is 85.5 Å². The molecule has 33 heavy (non-hydrogen) atoms. The quantitative estimate of drug-likeness (QED) is 0.404. The number of carbonyl (C=O) groups is 3. The van der Waals surface area contributed by atoms with Crippen LogP contribution >= 0.6 is 0 Å². The van der Waals surface area contributed by atoms with Crippen molar-refractivity contribution < 1.29 is 24.2 Å². The summed E-state index contributed by atoms with van der Waals surface area (Å²) in [6.45, 7) is 7.20. The summed E-state index contributed by atoms with van der Waals surface area (Å²) in [4.78, 5) is 40.1. The maximum atomic E-state index is 12.9. The highest BCUT2D eigenvalue weighted by Crippen LogP contribution is 2.34. The van der Waals surface area contributed by atoms with Crippen LogP contribution in [0.5, 0.6) is 5.88 Å². The number of Topliss-reactive ketones (excluding diaryl/α,β-unsaturated/α-hetero) is 1. The molecule has 0 spiro atoms. The van der Waals surface area contributed by atoms with Crippen molar-refractivity contribution in [3.63, 3.8) is 0 Å². The molecule has 3 N–H and O–H groups in total. The van der Waals surface area contributed by atoms with E-state index in [1.165, 1.54) is 32.1 Å². The van der Waals surface area contributed by atoms with Crippen LogP contribution in [0.15, 0.2) is 6.20 Å². The van der Waals surface area contributed by atoms with Crippen molar-refractivity contribution in [3.8, 4) is 5.88 Å². The fourth-order valence-corrected chi connectivity index (χ4v) is 4.68. The Bertz CT molecular complexity index is 990. The molecule has 0 aromatic carbocycles. The Morgan fingerprint density at radius 2 is 1.85 bits per heavy atom. The Morgan fingerprint density at radius 3 is 2.42 bits per heavy atom. The van der Waals surface area contributed by atoms with E-state index < -0.39 is 24.3 Å². The van der Waals surface area contributed by atoms with Crippen LogP contribution in [0, 0.1) is 12.8 Å². The summed E-state index contributed by atoms with van der Waals surface area (Å²) in [5, 5.41) is 9.05. The average Bonchev–Trinajstić information content (AvgIpc) is 3.10. The van der Waals surface area contributed by atoms with Crippen LogP contribution in [0.3, 0.4) is 0 Å². The lowest BCUT2D eigenvalue weighted by atomic mass is 9.85. The van der Waals surface area contributed by atoms with Gasteiger partial charge in [-0.2, -0.15) is 0 Å². The summed E-state index contributed by atoms with van der Waals surface area (Å²) >= 11 is 0. The van der Waals surface area contributed by atoms with E-state index in [1.54, 1.807) is 6.92 Å². The maximum Gasteiger partial charge on any atom is 0.341 e. The van der Waals surface area contributed by atoms with Crippen LogP contribution in [-0.4, -0.2) is 38.8 Å². The number of primary amides is 1. The molecule has 8 nitrogen and oxygen atoms in total. The molecular weight excluding hydrogens is 422 g/mol. The summed E-state index contributed by atoms with van der Waals surface area (Å²) in [6, 6.07) is 0. The first kappa shape index (κ1) is 26.4. The van der Waals surface area contributed by atoms with E-state index >= 15 is 0 Å². The molecule has 0 aliphatic heterocycles. The predicted molar refractivity (Wildman–Crippen MR) is 127 cm³/mol. The van der Waals surface area contributed by atoms with E-state index in [9.17, 15) is 14.4 Å². The smallest absolute Gasteiger partial charge is 0.341 e. The van der Waals surface area contributed by atoms with Crippen molar-refractivity contribution >= 4 is 23.2 Å². The summed E-state index contributed by atoms with van der Waals surface area (Å²) in [5.74, 6) is -2.31. The second kappa shape index (κ2) is 12.4. The number of aliphatic carboxylic acids is 1. The molecule has 2 heterocycles. The van der Waals surface area contributed by atoms with Gasteiger partial charge in [0.25, 0.3) is 11.7 Å². The van der Waals surface area contributed by atoms with Gasteiger partial charge in [0.15, 0.2) is 6.61 Å². The number of fused-ring (bicyclic) bond motifs is 1. The van der Waals surface area contributed by atoms with Gasteiger partial charge in [-0.15, -0.1) is 0 Å². The highest BCUT2D eigenvalue weighted by atomic mass is 16.5. The van der Waals surface area contributed by atoms with Crippen molar-refractivity contribution in [2.75, 3.05) is 6.61 Å². The van der Waals surface area contributed by atoms with E-state index in [1.807, 2.05) is 31.4 Å². The van der Waals surface area contributed by atoms with Gasteiger partial charge in [0.05, 0.1) is 11.3 Å². The topological polar surface area (TPSA) is 124 Å². The average molecular weight is 460 g/mol. The third kappa shape index (κ3) is 6.33. The molecule has 1 aliphatic rings. The molecule has 0 bridgehead atoms. The van der Waals surface area contributed by atoms with Gasteiger partial charge in [-0.3, -0.25) is 9.59 Å². The normalized spacial score (nSPS) is 13.9. The minimum absolute atomic E-state index is 0.0354. The van der Waals surface area contributed by atoms with Crippen LogP contribution < -0.4 is 10.5 Å². The van der Waals surface area contributed by atoms with E-state index in [0.29, 0.717) is 23.5 Å². The lowest BCUT2D eigenvalue weighted by molar-refractivity contribution is -0.139. The first-order valence-electron chi connectivity index (χ1n) is 12.1. The summed E-state index contributed by atoms with van der Waals surface area (Å²) in [6.07, 6.45) is 11.2. The van der Waals surface area contributed by atoms with Gasteiger partial charge in [-0.1, -0.05) is 59.3 Å². The second-order valence-electron chi connectivity index (χ2n) is 8.37. The number of hydrogen-bond acceptors (Lipinski definition) is 5. The molecule has 0 saturated heterocycles. The van der Waals surface area contributed by atoms with E-state index in [2.05, 4.69) is 4.98 Å². The number of carboxylic acids is 1. The molecule has 3 rings (SSSR count). The number of nitrogens with two attached hydrogens (primary N) is 1. The number of aryl methyl sites for hydroxylation is 2. The highest BCUT2D eigenvalue weighted by Gasteiger charge is 2.29. The van der Waals surface area contributed by atoms with Gasteiger partial charge in [-0.25, -0.2) is 9.78 Å². The highest BCUT2D eigenvalue weighted by molar-refractivity contribution is 6.44. The Balaban J connectivity index is 0.00000187. The number of ether oxygens (including phenoxy) is 1. The largest absolute Gasteiger partial charge is 0.479 e. The molecule has 1 saturated carbocycles. The standard InChI is InChI=1S/C23H31N3O5.C2H6/c1-3-7-16-17(11-10-15-8-5-4-6-9-15)26-12-14(2)25-23(31-13-18(27)28)20(26)19(16)21(29)22(24)30;1-2/h12,15H,3-11,13H2,1-2H3,(H2,24,30)(H,27,28);1-2H3. The van der Waals surface area contributed by atoms with Crippen LogP contribution in [0.4, 0.5) is 0 Å². The van der Waals surface area contributed by atoms with Gasteiger partial charge in [0, 0.05) is 11.9 Å². The number of carboxylic acid groups (broad SMARTS) is 1. The molecule has 2 aromatic heterocycles. The lowest BCUT2D eigenvalue weighted by Gasteiger charge is -2.21. The van der Waals surface area contributed by atoms with Gasteiger partial charge in [0.1, 0.15) is 5.52 Å². The van der Waals surface area contributed by atoms with Gasteiger partial charge >= 0.3 is 5.97 Å². The maximum absolute atomic E-state index is 12.9. The number of carbonyl (C=O) groups excluding carboxylic acids is 2. The molecule has 8 heteroatoms. The number of rotatable bonds is 10. The minimum Gasteiger partial charge on any atom is -0.479 e. The summed E-state index contributed by atoms with van der Waals surface area (Å²) < 4.78 is 7.30. The zero-order valence-corrected chi connectivity index (χ0v) is 20.3. The van der Waals surface area contributed by atoms with Gasteiger partial charge in [-0.05, 0) is 37.7 Å². The third-order valence-electron chi connectivity index (χ3n) is 6.01. The molecule has 1 aliphatic carbocycles. The number of amides is 1. The molecular formula is C25H37N3O5. The van der Waals surface area contributed by atoms with Crippen LogP contribution in [-0.2, 0) is 22.4 Å². The van der Waals surface area contributed by atoms with Crippen molar-refractivity contribution in [1.82, 2.24) is 9.38 Å². The van der Waals surface area contributed by atoms with Gasteiger partial charge < -0.3 is 20.0 Å².